The van der Waals surface area contributed by atoms with Gasteiger partial charge < -0.3 is 30.9 Å². The highest BCUT2D eigenvalue weighted by molar-refractivity contribution is 6.22. The van der Waals surface area contributed by atoms with E-state index < -0.39 is 93.5 Å². The Labute approximate surface area is 232 Å². The van der Waals surface area contributed by atoms with Crippen molar-refractivity contribution in [3.05, 3.63) is 45.2 Å². The van der Waals surface area contributed by atoms with Crippen LogP contribution >= 0.6 is 0 Å². The number of piperidine rings is 1. The van der Waals surface area contributed by atoms with E-state index in [0.717, 1.165) is 18.9 Å². The Bertz CT molecular complexity index is 1390. The van der Waals surface area contributed by atoms with Gasteiger partial charge in [-0.15, -0.1) is 0 Å². The average Bonchev–Trinajstić information content (AvgIpc) is 2.86. The third kappa shape index (κ3) is 4.59. The van der Waals surface area contributed by atoms with E-state index in [1.54, 1.807) is 7.11 Å². The van der Waals surface area contributed by atoms with Gasteiger partial charge in [-0.1, -0.05) is 0 Å². The van der Waals surface area contributed by atoms with E-state index in [-0.39, 0.29) is 24.1 Å². The van der Waals surface area contributed by atoms with E-state index >= 15 is 0 Å². The number of likely N-dealkylation sites (tertiary alicyclic amines) is 1. The van der Waals surface area contributed by atoms with Crippen LogP contribution in [-0.2, 0) is 38.3 Å². The second-order valence-corrected chi connectivity index (χ2v) is 11.4. The van der Waals surface area contributed by atoms with Crippen molar-refractivity contribution in [1.29, 1.82) is 0 Å². The highest BCUT2D eigenvalue weighted by Gasteiger charge is 2.60. The smallest absolute Gasteiger partial charge is 0.417 e. The molecule has 1 amide bonds. The number of aromatic hydroxyl groups is 1. The van der Waals surface area contributed by atoms with Gasteiger partial charge in [0.05, 0.1) is 11.1 Å². The Kier molecular flexibility index (Phi) is 7.19. The van der Waals surface area contributed by atoms with Crippen LogP contribution in [-0.4, -0.2) is 75.2 Å². The van der Waals surface area contributed by atoms with Gasteiger partial charge in [-0.05, 0) is 67.8 Å². The summed E-state index contributed by atoms with van der Waals surface area (Å²) in [4.78, 5) is 39.7. The molecule has 1 saturated heterocycles. The van der Waals surface area contributed by atoms with Crippen molar-refractivity contribution >= 4 is 23.2 Å². The van der Waals surface area contributed by atoms with E-state index in [0.29, 0.717) is 25.6 Å². The molecule has 1 unspecified atom stereocenters. The number of carbonyl (C=O) groups is 3. The number of aliphatic hydroxyl groups is 3. The van der Waals surface area contributed by atoms with E-state index in [9.17, 15) is 48.0 Å². The lowest BCUT2D eigenvalue weighted by Gasteiger charge is -2.46. The highest BCUT2D eigenvalue weighted by Crippen LogP contribution is 2.54. The fourth-order valence-electron chi connectivity index (χ4n) is 7.03. The molecule has 13 heteroatoms. The highest BCUT2D eigenvalue weighted by atomic mass is 19.4. The number of ether oxygens (including phenoxy) is 1. The number of benzene rings is 1. The maximum absolute atomic E-state index is 14.6. The summed E-state index contributed by atoms with van der Waals surface area (Å²) in [6, 6.07) is 0.937. The number of nitrogens with zero attached hydrogens (tertiary/aromatic N) is 1. The monoisotopic (exact) mass is 580 g/mol. The predicted octanol–water partition coefficient (Wildman–Crippen LogP) is 2.30. The Morgan fingerprint density at radius 1 is 1.17 bits per heavy atom. The molecule has 0 radical (unpaired) electrons. The van der Waals surface area contributed by atoms with Crippen LogP contribution in [0.2, 0.25) is 0 Å². The van der Waals surface area contributed by atoms with Crippen molar-refractivity contribution in [3.63, 3.8) is 0 Å². The Morgan fingerprint density at radius 2 is 1.83 bits per heavy atom. The number of rotatable bonds is 5. The van der Waals surface area contributed by atoms with Crippen molar-refractivity contribution in [1.82, 2.24) is 4.90 Å². The second-order valence-electron chi connectivity index (χ2n) is 11.4. The van der Waals surface area contributed by atoms with Crippen molar-refractivity contribution in [2.45, 2.75) is 50.4 Å². The van der Waals surface area contributed by atoms with Crippen molar-refractivity contribution in [2.24, 2.45) is 23.5 Å². The summed E-state index contributed by atoms with van der Waals surface area (Å²) in [6.45, 7) is 1.54. The third-order valence-electron chi connectivity index (χ3n) is 8.93. The number of phenols is 1. The maximum atomic E-state index is 14.6. The summed E-state index contributed by atoms with van der Waals surface area (Å²) in [7, 11) is 1.59. The van der Waals surface area contributed by atoms with Gasteiger partial charge in [0.2, 0.25) is 5.78 Å². The molecule has 6 N–H and O–H groups in total. The number of hydrogen-bond donors (Lipinski definition) is 5. The Morgan fingerprint density at radius 3 is 2.41 bits per heavy atom. The molecule has 10 nitrogen and oxygen atoms in total. The summed E-state index contributed by atoms with van der Waals surface area (Å²) in [5, 5.41) is 43.9. The molecule has 1 aromatic rings. The molecule has 5 rings (SSSR count). The lowest BCUT2D eigenvalue weighted by molar-refractivity contribution is -0.147. The number of carbonyl (C=O) groups excluding carboxylic acids is 3. The molecular weight excluding hydrogens is 549 g/mol. The van der Waals surface area contributed by atoms with Crippen LogP contribution in [0.3, 0.4) is 0 Å². The molecule has 2 fully saturated rings. The van der Waals surface area contributed by atoms with Crippen LogP contribution in [0, 0.1) is 17.8 Å². The van der Waals surface area contributed by atoms with Gasteiger partial charge >= 0.3 is 6.18 Å². The Balaban J connectivity index is 1.59. The SMILES string of the molecule is COCC1CCN(Cc2cc(O)c3c(c2C(F)(F)F)CC2C[C@H]4CC(=O)C(C(N)=O)=C(O)[C@@]4(O)C(=O)C2=C3O)CC1. The Hall–Kier alpha value is -3.42. The molecule has 3 atom stereocenters. The summed E-state index contributed by atoms with van der Waals surface area (Å²) < 4.78 is 49.0. The first-order valence-corrected chi connectivity index (χ1v) is 13.3. The number of alkyl halides is 3. The maximum Gasteiger partial charge on any atom is 0.417 e. The minimum absolute atomic E-state index is 0.0955. The number of primary amides is 1. The standard InChI is InChI=1S/C28H31F3N2O8/c1-41-11-12-2-4-33(5-3-12)10-14-8-17(34)20-16(22(14)28(29,30)31)7-13-6-15-9-18(35)21(26(32)39)25(38)27(15,40)24(37)19(13)23(20)36/h8,12-13,15,34,36,38,40H,2-7,9-11H2,1H3,(H2,32,39)/t13?,15-,27-/m0/s1. The van der Waals surface area contributed by atoms with E-state index in [1.807, 2.05) is 4.90 Å². The summed E-state index contributed by atoms with van der Waals surface area (Å²) >= 11 is 0. The number of phenolic OH excluding ortho intramolecular Hbond substituents is 1. The van der Waals surface area contributed by atoms with Gasteiger partial charge in [0.25, 0.3) is 5.91 Å². The van der Waals surface area contributed by atoms with Crippen molar-refractivity contribution in [3.8, 4) is 5.75 Å². The molecule has 41 heavy (non-hydrogen) atoms. The first-order chi connectivity index (χ1) is 19.2. The van der Waals surface area contributed by atoms with E-state index in [4.69, 9.17) is 10.5 Å². The molecule has 1 heterocycles. The van der Waals surface area contributed by atoms with E-state index in [1.165, 1.54) is 0 Å². The van der Waals surface area contributed by atoms with Gasteiger partial charge in [-0.3, -0.25) is 19.3 Å². The van der Waals surface area contributed by atoms with Gasteiger partial charge in [-0.2, -0.15) is 13.2 Å². The number of aliphatic hydroxyl groups excluding tert-OH is 2. The van der Waals surface area contributed by atoms with Gasteiger partial charge in [0, 0.05) is 38.2 Å². The summed E-state index contributed by atoms with van der Waals surface area (Å²) in [6.07, 6.45) is -4.61. The molecule has 1 aliphatic heterocycles. The van der Waals surface area contributed by atoms with Crippen LogP contribution < -0.4 is 5.73 Å². The molecule has 4 aliphatic rings. The lowest BCUT2D eigenvalue weighted by atomic mass is 9.59. The number of amides is 1. The second kappa shape index (κ2) is 10.1. The van der Waals surface area contributed by atoms with Crippen LogP contribution in [0.1, 0.15) is 47.9 Å². The number of methoxy groups -OCH3 is 1. The normalized spacial score (nSPS) is 27.5. The zero-order valence-corrected chi connectivity index (χ0v) is 22.3. The number of fused-ring (bicyclic) bond motifs is 3. The first-order valence-electron chi connectivity index (χ1n) is 13.3. The fraction of sp³-hybridized carbons (Fsp3) is 0.536. The molecule has 222 valence electrons. The van der Waals surface area contributed by atoms with Crippen molar-refractivity contribution < 1.29 is 52.7 Å². The summed E-state index contributed by atoms with van der Waals surface area (Å²) in [5.74, 6) is -8.41. The topological polar surface area (TPSA) is 171 Å². The number of ketones is 2. The zero-order chi connectivity index (χ0) is 30.0. The van der Waals surface area contributed by atoms with Gasteiger partial charge in [0.1, 0.15) is 22.8 Å². The van der Waals surface area contributed by atoms with Crippen molar-refractivity contribution in [2.75, 3.05) is 26.8 Å². The minimum Gasteiger partial charge on any atom is -0.508 e. The third-order valence-corrected chi connectivity index (χ3v) is 8.93. The molecule has 0 aromatic heterocycles. The molecule has 0 spiro atoms. The molecule has 1 aromatic carbocycles. The number of halogens is 3. The van der Waals surface area contributed by atoms with Crippen LogP contribution in [0.15, 0.2) is 23.0 Å². The van der Waals surface area contributed by atoms with E-state index in [2.05, 4.69) is 0 Å². The molecule has 0 bridgehead atoms. The molecular formula is C28H31F3N2O8. The van der Waals surface area contributed by atoms with Crippen LogP contribution in [0.4, 0.5) is 13.2 Å². The number of Topliss-reactive ketones (excluding diaryl/α,β-unsaturated/α-hetero) is 2. The number of nitrogens with two attached hydrogens (primary N) is 1. The number of hydrogen-bond acceptors (Lipinski definition) is 9. The van der Waals surface area contributed by atoms with Gasteiger partial charge in [0.15, 0.2) is 11.4 Å². The first kappa shape index (κ1) is 29.1. The zero-order valence-electron chi connectivity index (χ0n) is 22.3. The van der Waals surface area contributed by atoms with Crippen LogP contribution in [0.25, 0.3) is 5.76 Å². The largest absolute Gasteiger partial charge is 0.508 e. The van der Waals surface area contributed by atoms with Gasteiger partial charge in [-0.25, -0.2) is 0 Å². The fourth-order valence-corrected chi connectivity index (χ4v) is 7.03. The summed E-state index contributed by atoms with van der Waals surface area (Å²) in [5.41, 5.74) is -1.19. The molecule has 1 saturated carbocycles. The quantitative estimate of drug-likeness (QED) is 0.328. The minimum atomic E-state index is -4.86. The van der Waals surface area contributed by atoms with Crippen LogP contribution in [0.5, 0.6) is 5.75 Å². The molecule has 3 aliphatic carbocycles. The lowest BCUT2D eigenvalue weighted by Crippen LogP contribution is -2.58. The predicted molar refractivity (Wildman–Crippen MR) is 136 cm³/mol. The average molecular weight is 581 g/mol.